The van der Waals surface area contributed by atoms with Crippen molar-refractivity contribution in [3.05, 3.63) is 0 Å². The number of halogens is 1. The third-order valence-corrected chi connectivity index (χ3v) is 3.04. The fraction of sp³-hybridized carbons (Fsp3) is 0.900. The minimum Gasteiger partial charge on any atom is -0.342 e. The molecule has 14 heavy (non-hydrogen) atoms. The maximum absolute atomic E-state index is 11.4. The van der Waals surface area contributed by atoms with Crippen LogP contribution >= 0.6 is 11.6 Å². The molecular weight excluding hydrogens is 200 g/mol. The Bertz CT molecular complexity index is 199. The van der Waals surface area contributed by atoms with Gasteiger partial charge in [0.25, 0.3) is 0 Å². The zero-order chi connectivity index (χ0) is 10.6. The highest BCUT2D eigenvalue weighted by Gasteiger charge is 2.23. The minimum absolute atomic E-state index is 0.0590. The summed E-state index contributed by atoms with van der Waals surface area (Å²) >= 11 is 5.54. The van der Waals surface area contributed by atoms with Crippen LogP contribution in [0.1, 0.15) is 13.3 Å². The van der Waals surface area contributed by atoms with Crippen LogP contribution in [0.15, 0.2) is 0 Å². The van der Waals surface area contributed by atoms with Gasteiger partial charge in [-0.2, -0.15) is 0 Å². The highest BCUT2D eigenvalue weighted by molar-refractivity contribution is 6.27. The molecule has 0 aromatic carbocycles. The van der Waals surface area contributed by atoms with Crippen LogP contribution < -0.4 is 0 Å². The molecule has 0 bridgehead atoms. The van der Waals surface area contributed by atoms with Gasteiger partial charge in [0.1, 0.15) is 5.88 Å². The van der Waals surface area contributed by atoms with E-state index in [0.29, 0.717) is 5.92 Å². The number of alkyl halides is 1. The lowest BCUT2D eigenvalue weighted by atomic mass is 10.1. The molecule has 1 unspecified atom stereocenters. The van der Waals surface area contributed by atoms with E-state index >= 15 is 0 Å². The number of hydrogen-bond donors (Lipinski definition) is 0. The summed E-state index contributed by atoms with van der Waals surface area (Å²) in [5.41, 5.74) is 0. The minimum atomic E-state index is 0.0590. The lowest BCUT2D eigenvalue weighted by Crippen LogP contribution is -2.36. The Hall–Kier alpha value is -0.280. The summed E-state index contributed by atoms with van der Waals surface area (Å²) in [5.74, 6) is 0.798. The molecule has 1 heterocycles. The second-order valence-corrected chi connectivity index (χ2v) is 4.25. The van der Waals surface area contributed by atoms with Crippen LogP contribution in [0.4, 0.5) is 0 Å². The standard InChI is InChI=1S/C10H19ClN2O/c1-3-13(10(14)6-11)8-9-4-5-12(2)7-9/h9H,3-8H2,1-2H3. The van der Waals surface area contributed by atoms with Gasteiger partial charge in [-0.3, -0.25) is 4.79 Å². The van der Waals surface area contributed by atoms with E-state index in [-0.39, 0.29) is 11.8 Å². The van der Waals surface area contributed by atoms with Crippen LogP contribution in [0.2, 0.25) is 0 Å². The summed E-state index contributed by atoms with van der Waals surface area (Å²) in [5, 5.41) is 0. The predicted octanol–water partition coefficient (Wildman–Crippen LogP) is 1.03. The van der Waals surface area contributed by atoms with E-state index in [1.807, 2.05) is 11.8 Å². The van der Waals surface area contributed by atoms with Crippen LogP contribution in [0.25, 0.3) is 0 Å². The lowest BCUT2D eigenvalue weighted by Gasteiger charge is -2.23. The Morgan fingerprint density at radius 2 is 2.36 bits per heavy atom. The van der Waals surface area contributed by atoms with Crippen LogP contribution in [0, 0.1) is 5.92 Å². The Labute approximate surface area is 91.0 Å². The SMILES string of the molecule is CCN(CC1CCN(C)C1)C(=O)CCl. The molecule has 1 atom stereocenters. The number of carbonyl (C=O) groups is 1. The summed E-state index contributed by atoms with van der Waals surface area (Å²) in [4.78, 5) is 15.6. The molecule has 0 aromatic heterocycles. The molecule has 0 aliphatic carbocycles. The van der Waals surface area contributed by atoms with E-state index in [2.05, 4.69) is 11.9 Å². The normalized spacial score (nSPS) is 22.6. The first-order valence-electron chi connectivity index (χ1n) is 5.19. The molecule has 3 nitrogen and oxygen atoms in total. The van der Waals surface area contributed by atoms with Crippen molar-refractivity contribution >= 4 is 17.5 Å². The van der Waals surface area contributed by atoms with Crippen LogP contribution in [0.3, 0.4) is 0 Å². The maximum atomic E-state index is 11.4. The Morgan fingerprint density at radius 3 is 2.79 bits per heavy atom. The van der Waals surface area contributed by atoms with E-state index in [9.17, 15) is 4.79 Å². The molecule has 1 saturated heterocycles. The molecular formula is C10H19ClN2O. The lowest BCUT2D eigenvalue weighted by molar-refractivity contribution is -0.128. The van der Waals surface area contributed by atoms with Gasteiger partial charge in [0.15, 0.2) is 0 Å². The zero-order valence-corrected chi connectivity index (χ0v) is 9.76. The summed E-state index contributed by atoms with van der Waals surface area (Å²) in [6.45, 7) is 5.89. The van der Waals surface area contributed by atoms with Gasteiger partial charge in [-0.1, -0.05) is 0 Å². The number of nitrogens with zero attached hydrogens (tertiary/aromatic N) is 2. The van der Waals surface area contributed by atoms with E-state index in [0.717, 1.165) is 26.2 Å². The predicted molar refractivity (Wildman–Crippen MR) is 58.6 cm³/mol. The van der Waals surface area contributed by atoms with Crippen molar-refractivity contribution in [1.29, 1.82) is 0 Å². The van der Waals surface area contributed by atoms with Gasteiger partial charge in [0.05, 0.1) is 0 Å². The van der Waals surface area contributed by atoms with Crippen molar-refractivity contribution in [2.24, 2.45) is 5.92 Å². The smallest absolute Gasteiger partial charge is 0.237 e. The van der Waals surface area contributed by atoms with Crippen molar-refractivity contribution in [3.63, 3.8) is 0 Å². The molecule has 82 valence electrons. The Balaban J connectivity index is 2.36. The van der Waals surface area contributed by atoms with Crippen molar-refractivity contribution in [1.82, 2.24) is 9.80 Å². The fourth-order valence-electron chi connectivity index (χ4n) is 1.98. The second kappa shape index (κ2) is 5.56. The molecule has 1 aliphatic rings. The number of likely N-dealkylation sites (tertiary alicyclic amines) is 1. The van der Waals surface area contributed by atoms with E-state index < -0.39 is 0 Å². The molecule has 1 amide bonds. The number of amides is 1. The van der Waals surface area contributed by atoms with E-state index in [1.165, 1.54) is 6.42 Å². The van der Waals surface area contributed by atoms with Gasteiger partial charge in [-0.25, -0.2) is 0 Å². The van der Waals surface area contributed by atoms with Gasteiger partial charge in [0.2, 0.25) is 5.91 Å². The molecule has 1 fully saturated rings. The molecule has 1 aliphatic heterocycles. The summed E-state index contributed by atoms with van der Waals surface area (Å²) in [6.07, 6.45) is 1.20. The van der Waals surface area contributed by atoms with Crippen LogP contribution in [-0.4, -0.2) is 54.8 Å². The largest absolute Gasteiger partial charge is 0.342 e. The van der Waals surface area contributed by atoms with Gasteiger partial charge in [-0.15, -0.1) is 11.6 Å². The summed E-state index contributed by atoms with van der Waals surface area (Å²) < 4.78 is 0. The van der Waals surface area contributed by atoms with Crippen LogP contribution in [-0.2, 0) is 4.79 Å². The summed E-state index contributed by atoms with van der Waals surface area (Å²) in [7, 11) is 2.12. The Kier molecular flexibility index (Phi) is 4.69. The third-order valence-electron chi connectivity index (χ3n) is 2.82. The van der Waals surface area contributed by atoms with E-state index in [1.54, 1.807) is 0 Å². The van der Waals surface area contributed by atoms with Crippen molar-refractivity contribution < 1.29 is 4.79 Å². The Morgan fingerprint density at radius 1 is 1.64 bits per heavy atom. The number of carbonyl (C=O) groups excluding carboxylic acids is 1. The first-order valence-corrected chi connectivity index (χ1v) is 5.73. The van der Waals surface area contributed by atoms with E-state index in [4.69, 9.17) is 11.6 Å². The second-order valence-electron chi connectivity index (χ2n) is 3.98. The van der Waals surface area contributed by atoms with Crippen LogP contribution in [0.5, 0.6) is 0 Å². The highest BCUT2D eigenvalue weighted by Crippen LogP contribution is 2.15. The first kappa shape index (κ1) is 11.8. The average molecular weight is 219 g/mol. The molecule has 1 rings (SSSR count). The zero-order valence-electron chi connectivity index (χ0n) is 9.00. The maximum Gasteiger partial charge on any atom is 0.237 e. The molecule has 4 heteroatoms. The van der Waals surface area contributed by atoms with Gasteiger partial charge in [0, 0.05) is 19.6 Å². The van der Waals surface area contributed by atoms with Crippen molar-refractivity contribution in [2.75, 3.05) is 39.1 Å². The average Bonchev–Trinajstić information content (AvgIpc) is 2.59. The van der Waals surface area contributed by atoms with Gasteiger partial charge in [-0.05, 0) is 32.9 Å². The first-order chi connectivity index (χ1) is 6.67. The summed E-state index contributed by atoms with van der Waals surface area (Å²) in [6, 6.07) is 0. The number of hydrogen-bond acceptors (Lipinski definition) is 2. The molecule has 0 saturated carbocycles. The number of rotatable bonds is 4. The molecule has 0 aromatic rings. The van der Waals surface area contributed by atoms with Gasteiger partial charge >= 0.3 is 0 Å². The van der Waals surface area contributed by atoms with Gasteiger partial charge < -0.3 is 9.80 Å². The molecule has 0 N–H and O–H groups in total. The third kappa shape index (κ3) is 3.14. The highest BCUT2D eigenvalue weighted by atomic mass is 35.5. The molecule has 0 radical (unpaired) electrons. The quantitative estimate of drug-likeness (QED) is 0.658. The fourth-order valence-corrected chi connectivity index (χ4v) is 2.15. The van der Waals surface area contributed by atoms with Crippen molar-refractivity contribution in [3.8, 4) is 0 Å². The monoisotopic (exact) mass is 218 g/mol. The van der Waals surface area contributed by atoms with Crippen molar-refractivity contribution in [2.45, 2.75) is 13.3 Å². The molecule has 0 spiro atoms. The topological polar surface area (TPSA) is 23.6 Å².